The second-order valence-corrected chi connectivity index (χ2v) is 5.51. The Labute approximate surface area is 128 Å². The Hall–Kier alpha value is -1.14. The number of aromatic nitrogens is 2. The summed E-state index contributed by atoms with van der Waals surface area (Å²) in [5.41, 5.74) is 2.49. The molecule has 0 atom stereocenters. The van der Waals surface area contributed by atoms with Crippen molar-refractivity contribution in [3.8, 4) is 5.69 Å². The van der Waals surface area contributed by atoms with Gasteiger partial charge in [-0.25, -0.2) is 9.37 Å². The van der Waals surface area contributed by atoms with Gasteiger partial charge in [0.1, 0.15) is 11.6 Å². The lowest BCUT2D eigenvalue weighted by molar-refractivity contribution is 0.629. The van der Waals surface area contributed by atoms with Gasteiger partial charge in [-0.1, -0.05) is 12.1 Å². The number of para-hydroxylation sites is 1. The van der Waals surface area contributed by atoms with Crippen molar-refractivity contribution in [3.05, 3.63) is 57.7 Å². The predicted molar refractivity (Wildman–Crippen MR) is 83.3 cm³/mol. The zero-order valence-electron chi connectivity index (χ0n) is 9.78. The number of hydrogen-bond acceptors (Lipinski definition) is 1. The van der Waals surface area contributed by atoms with Gasteiger partial charge in [0.2, 0.25) is 0 Å². The maximum absolute atomic E-state index is 13.3. The Morgan fingerprint density at radius 3 is 2.74 bits per heavy atom. The van der Waals surface area contributed by atoms with Crippen molar-refractivity contribution in [3.63, 3.8) is 0 Å². The first-order valence-electron chi connectivity index (χ1n) is 5.68. The van der Waals surface area contributed by atoms with Gasteiger partial charge < -0.3 is 0 Å². The van der Waals surface area contributed by atoms with E-state index in [1.165, 1.54) is 12.1 Å². The monoisotopic (exact) mass is 386 g/mol. The van der Waals surface area contributed by atoms with Crippen LogP contribution in [0, 0.1) is 9.39 Å². The van der Waals surface area contributed by atoms with Crippen LogP contribution in [0.2, 0.25) is 0 Å². The van der Waals surface area contributed by atoms with Crippen LogP contribution in [-0.2, 0) is 5.88 Å². The summed E-state index contributed by atoms with van der Waals surface area (Å²) in [6, 6.07) is 12.6. The molecule has 0 unspecified atom stereocenters. The standard InChI is InChI=1S/C14H9ClFIN2/c15-8-14-18-11-7-9(16)5-6-13(11)19(14)12-4-2-1-3-10(12)17/h1-7H,8H2. The highest BCUT2D eigenvalue weighted by atomic mass is 127. The SMILES string of the molecule is Fc1ccc2c(c1)nc(CCl)n2-c1ccccc1I. The fourth-order valence-electron chi connectivity index (χ4n) is 2.09. The van der Waals surface area contributed by atoms with Crippen molar-refractivity contribution in [1.82, 2.24) is 9.55 Å². The van der Waals surface area contributed by atoms with Crippen LogP contribution in [0.3, 0.4) is 0 Å². The Kier molecular flexibility index (Phi) is 3.45. The maximum Gasteiger partial charge on any atom is 0.129 e. The zero-order chi connectivity index (χ0) is 13.4. The molecule has 0 aliphatic heterocycles. The number of rotatable bonds is 2. The van der Waals surface area contributed by atoms with E-state index in [2.05, 4.69) is 27.6 Å². The van der Waals surface area contributed by atoms with Crippen LogP contribution >= 0.6 is 34.2 Å². The van der Waals surface area contributed by atoms with Crippen LogP contribution < -0.4 is 0 Å². The molecule has 2 nitrogen and oxygen atoms in total. The van der Waals surface area contributed by atoms with Crippen LogP contribution in [0.1, 0.15) is 5.82 Å². The Balaban J connectivity index is 2.36. The number of alkyl halides is 1. The number of hydrogen-bond donors (Lipinski definition) is 0. The highest BCUT2D eigenvalue weighted by Gasteiger charge is 2.13. The molecule has 19 heavy (non-hydrogen) atoms. The third-order valence-electron chi connectivity index (χ3n) is 2.90. The van der Waals surface area contributed by atoms with E-state index < -0.39 is 0 Å². The summed E-state index contributed by atoms with van der Waals surface area (Å²) in [5, 5.41) is 0. The first-order valence-corrected chi connectivity index (χ1v) is 7.30. The second kappa shape index (κ2) is 5.09. The lowest BCUT2D eigenvalue weighted by Gasteiger charge is -2.09. The van der Waals surface area contributed by atoms with Crippen molar-refractivity contribution in [2.75, 3.05) is 0 Å². The van der Waals surface area contributed by atoms with Gasteiger partial charge in [-0.2, -0.15) is 0 Å². The summed E-state index contributed by atoms with van der Waals surface area (Å²) >= 11 is 8.23. The van der Waals surface area contributed by atoms with Gasteiger partial charge in [0.25, 0.3) is 0 Å². The Morgan fingerprint density at radius 2 is 2.00 bits per heavy atom. The molecule has 0 fully saturated rings. The highest BCUT2D eigenvalue weighted by molar-refractivity contribution is 14.1. The molecule has 0 bridgehead atoms. The van der Waals surface area contributed by atoms with Gasteiger partial charge in [0.05, 0.1) is 22.6 Å². The molecule has 0 aliphatic carbocycles. The van der Waals surface area contributed by atoms with E-state index in [1.807, 2.05) is 28.8 Å². The van der Waals surface area contributed by atoms with Crippen molar-refractivity contribution in [2.45, 2.75) is 5.88 Å². The lowest BCUT2D eigenvalue weighted by atomic mass is 10.2. The van der Waals surface area contributed by atoms with E-state index in [0.29, 0.717) is 11.3 Å². The molecule has 5 heteroatoms. The van der Waals surface area contributed by atoms with Crippen molar-refractivity contribution < 1.29 is 4.39 Å². The van der Waals surface area contributed by atoms with E-state index in [9.17, 15) is 4.39 Å². The highest BCUT2D eigenvalue weighted by Crippen LogP contribution is 2.26. The first-order chi connectivity index (χ1) is 9.20. The normalized spacial score (nSPS) is 11.1. The van der Waals surface area contributed by atoms with Crippen LogP contribution in [-0.4, -0.2) is 9.55 Å². The molecule has 1 aromatic heterocycles. The van der Waals surface area contributed by atoms with Crippen LogP contribution in [0.5, 0.6) is 0 Å². The van der Waals surface area contributed by atoms with Gasteiger partial charge in [-0.15, -0.1) is 11.6 Å². The molecule has 0 saturated carbocycles. The van der Waals surface area contributed by atoms with Gasteiger partial charge >= 0.3 is 0 Å². The van der Waals surface area contributed by atoms with E-state index in [4.69, 9.17) is 11.6 Å². The lowest BCUT2D eigenvalue weighted by Crippen LogP contribution is -2.01. The van der Waals surface area contributed by atoms with E-state index in [-0.39, 0.29) is 11.7 Å². The second-order valence-electron chi connectivity index (χ2n) is 4.08. The molecule has 0 N–H and O–H groups in total. The summed E-state index contributed by atoms with van der Waals surface area (Å²) in [7, 11) is 0. The van der Waals surface area contributed by atoms with Crippen LogP contribution in [0.4, 0.5) is 4.39 Å². The summed E-state index contributed by atoms with van der Waals surface area (Å²) in [4.78, 5) is 4.40. The molecule has 0 radical (unpaired) electrons. The molecule has 1 heterocycles. The summed E-state index contributed by atoms with van der Waals surface area (Å²) < 4.78 is 16.3. The molecular formula is C14H9ClFIN2. The fourth-order valence-corrected chi connectivity index (χ4v) is 2.90. The van der Waals surface area contributed by atoms with Gasteiger partial charge in [0.15, 0.2) is 0 Å². The van der Waals surface area contributed by atoms with Crippen LogP contribution in [0.25, 0.3) is 16.7 Å². The van der Waals surface area contributed by atoms with E-state index in [0.717, 1.165) is 14.8 Å². The van der Waals surface area contributed by atoms with E-state index in [1.54, 1.807) is 6.07 Å². The molecule has 96 valence electrons. The fraction of sp³-hybridized carbons (Fsp3) is 0.0714. The molecule has 3 aromatic rings. The first kappa shape index (κ1) is 12.9. The predicted octanol–water partition coefficient (Wildman–Crippen LogP) is 4.51. The largest absolute Gasteiger partial charge is 0.294 e. The molecule has 3 rings (SSSR count). The minimum atomic E-state index is -0.291. The average Bonchev–Trinajstić information content (AvgIpc) is 2.76. The third kappa shape index (κ3) is 2.23. The Bertz CT molecular complexity index is 754. The smallest absolute Gasteiger partial charge is 0.129 e. The van der Waals surface area contributed by atoms with Gasteiger partial charge in [0, 0.05) is 9.64 Å². The number of imidazole rings is 1. The summed E-state index contributed by atoms with van der Waals surface area (Å²) in [6.45, 7) is 0. The summed E-state index contributed by atoms with van der Waals surface area (Å²) in [6.07, 6.45) is 0. The number of benzene rings is 2. The van der Waals surface area contributed by atoms with Crippen molar-refractivity contribution in [1.29, 1.82) is 0 Å². The maximum atomic E-state index is 13.3. The summed E-state index contributed by atoms with van der Waals surface area (Å²) in [5.74, 6) is 0.703. The molecular weight excluding hydrogens is 378 g/mol. The van der Waals surface area contributed by atoms with Crippen LogP contribution in [0.15, 0.2) is 42.5 Å². The Morgan fingerprint density at radius 1 is 1.21 bits per heavy atom. The minimum Gasteiger partial charge on any atom is -0.294 e. The van der Waals surface area contributed by atoms with Gasteiger partial charge in [-0.3, -0.25) is 4.57 Å². The molecule has 0 aliphatic rings. The third-order valence-corrected chi connectivity index (χ3v) is 4.05. The van der Waals surface area contributed by atoms with E-state index >= 15 is 0 Å². The molecule has 2 aromatic carbocycles. The number of fused-ring (bicyclic) bond motifs is 1. The minimum absolute atomic E-state index is 0.279. The number of nitrogens with zero attached hydrogens (tertiary/aromatic N) is 2. The van der Waals surface area contributed by atoms with Gasteiger partial charge in [-0.05, 0) is 46.9 Å². The number of halogens is 3. The quantitative estimate of drug-likeness (QED) is 0.468. The van der Waals surface area contributed by atoms with Crippen molar-refractivity contribution in [2.24, 2.45) is 0 Å². The molecule has 0 spiro atoms. The zero-order valence-corrected chi connectivity index (χ0v) is 12.7. The molecule has 0 amide bonds. The molecule has 0 saturated heterocycles. The topological polar surface area (TPSA) is 17.8 Å². The van der Waals surface area contributed by atoms with Crippen molar-refractivity contribution >= 4 is 45.2 Å². The average molecular weight is 387 g/mol.